The largest absolute Gasteiger partial charge is 0.376 e. The van der Waals surface area contributed by atoms with Crippen molar-refractivity contribution >= 4 is 28.5 Å². The zero-order valence-corrected chi connectivity index (χ0v) is 15.1. The number of hydrogen-bond acceptors (Lipinski definition) is 5. The lowest BCUT2D eigenvalue weighted by molar-refractivity contribution is -0.112. The molecule has 0 aromatic carbocycles. The van der Waals surface area contributed by atoms with Crippen molar-refractivity contribution in [3.05, 3.63) is 40.2 Å². The second-order valence-corrected chi connectivity index (χ2v) is 6.93. The van der Waals surface area contributed by atoms with Crippen molar-refractivity contribution in [2.75, 3.05) is 11.9 Å². The molecular formula is C18H20N4O2S. The van der Waals surface area contributed by atoms with E-state index in [0.29, 0.717) is 5.13 Å². The first-order valence-corrected chi connectivity index (χ1v) is 9.07. The number of carbonyl (C=O) groups is 1. The molecular weight excluding hydrogens is 336 g/mol. The van der Waals surface area contributed by atoms with Gasteiger partial charge in [0.1, 0.15) is 11.6 Å². The topological polar surface area (TPSA) is 79.9 Å². The van der Waals surface area contributed by atoms with Crippen LogP contribution in [0.5, 0.6) is 0 Å². The summed E-state index contributed by atoms with van der Waals surface area (Å²) in [6.07, 6.45) is 5.66. The molecule has 6 nitrogen and oxygen atoms in total. The number of rotatable bonds is 5. The Balaban J connectivity index is 1.81. The lowest BCUT2D eigenvalue weighted by Crippen LogP contribution is -2.17. The minimum absolute atomic E-state index is 0.0626. The summed E-state index contributed by atoms with van der Waals surface area (Å²) in [6, 6.07) is 3.98. The molecule has 1 fully saturated rings. The molecule has 1 aliphatic heterocycles. The maximum atomic E-state index is 12.3. The van der Waals surface area contributed by atoms with E-state index in [1.165, 1.54) is 11.3 Å². The molecule has 0 spiro atoms. The van der Waals surface area contributed by atoms with Gasteiger partial charge in [-0.15, -0.1) is 11.3 Å². The Morgan fingerprint density at radius 1 is 1.60 bits per heavy atom. The monoisotopic (exact) mass is 356 g/mol. The number of aryl methyl sites for hydroxylation is 1. The summed E-state index contributed by atoms with van der Waals surface area (Å²) < 4.78 is 7.91. The van der Waals surface area contributed by atoms with E-state index in [-0.39, 0.29) is 11.7 Å². The second-order valence-electron chi connectivity index (χ2n) is 6.03. The van der Waals surface area contributed by atoms with Crippen LogP contribution >= 0.6 is 11.3 Å². The van der Waals surface area contributed by atoms with Crippen molar-refractivity contribution < 1.29 is 9.53 Å². The fraction of sp³-hybridized carbons (Fsp3) is 0.389. The van der Waals surface area contributed by atoms with Gasteiger partial charge in [-0.2, -0.15) is 5.26 Å². The molecule has 2 aromatic heterocycles. The van der Waals surface area contributed by atoms with Crippen LogP contribution in [-0.4, -0.2) is 28.2 Å². The van der Waals surface area contributed by atoms with Gasteiger partial charge in [0.05, 0.1) is 6.10 Å². The molecule has 2 aromatic rings. The Hall–Kier alpha value is -2.43. The first-order chi connectivity index (χ1) is 12.1. The number of ether oxygens (including phenoxy) is 1. The first kappa shape index (κ1) is 17.4. The summed E-state index contributed by atoms with van der Waals surface area (Å²) in [5, 5.41) is 14.3. The van der Waals surface area contributed by atoms with Gasteiger partial charge in [-0.25, -0.2) is 4.98 Å². The molecule has 1 aliphatic rings. The zero-order chi connectivity index (χ0) is 17.8. The molecule has 0 saturated carbocycles. The van der Waals surface area contributed by atoms with Crippen molar-refractivity contribution in [3.8, 4) is 6.07 Å². The molecule has 1 unspecified atom stereocenters. The van der Waals surface area contributed by atoms with E-state index in [2.05, 4.69) is 14.9 Å². The van der Waals surface area contributed by atoms with Crippen molar-refractivity contribution in [2.45, 2.75) is 39.3 Å². The fourth-order valence-corrected chi connectivity index (χ4v) is 3.52. The van der Waals surface area contributed by atoms with E-state index in [1.54, 1.807) is 17.7 Å². The highest BCUT2D eigenvalue weighted by atomic mass is 32.1. The fourth-order valence-electron chi connectivity index (χ4n) is 3.00. The highest BCUT2D eigenvalue weighted by Gasteiger charge is 2.19. The molecule has 1 N–H and O–H groups in total. The van der Waals surface area contributed by atoms with Crippen LogP contribution in [0, 0.1) is 25.2 Å². The first-order valence-electron chi connectivity index (χ1n) is 8.19. The Bertz CT molecular complexity index is 824. The summed E-state index contributed by atoms with van der Waals surface area (Å²) in [7, 11) is 0. The normalized spacial score (nSPS) is 17.5. The van der Waals surface area contributed by atoms with Crippen LogP contribution in [-0.2, 0) is 16.1 Å². The van der Waals surface area contributed by atoms with Crippen molar-refractivity contribution in [1.82, 2.24) is 9.55 Å². The van der Waals surface area contributed by atoms with Gasteiger partial charge in [-0.1, -0.05) is 0 Å². The zero-order valence-electron chi connectivity index (χ0n) is 14.3. The average Bonchev–Trinajstić information content (AvgIpc) is 3.32. The van der Waals surface area contributed by atoms with Gasteiger partial charge in [0, 0.05) is 36.1 Å². The van der Waals surface area contributed by atoms with E-state index in [9.17, 15) is 10.1 Å². The van der Waals surface area contributed by atoms with E-state index >= 15 is 0 Å². The summed E-state index contributed by atoms with van der Waals surface area (Å²) in [4.78, 5) is 16.3. The predicted octanol–water partition coefficient (Wildman–Crippen LogP) is 3.29. The molecule has 0 bridgehead atoms. The lowest BCUT2D eigenvalue weighted by Gasteiger charge is -2.14. The Kier molecular flexibility index (Phi) is 5.31. The van der Waals surface area contributed by atoms with Gasteiger partial charge in [-0.05, 0) is 44.4 Å². The van der Waals surface area contributed by atoms with Gasteiger partial charge < -0.3 is 9.30 Å². The third-order valence-corrected chi connectivity index (χ3v) is 5.03. The van der Waals surface area contributed by atoms with E-state index < -0.39 is 5.91 Å². The van der Waals surface area contributed by atoms with Crippen LogP contribution in [0.4, 0.5) is 5.13 Å². The third-order valence-electron chi connectivity index (χ3n) is 4.34. The van der Waals surface area contributed by atoms with Crippen molar-refractivity contribution in [3.63, 3.8) is 0 Å². The van der Waals surface area contributed by atoms with Crippen LogP contribution in [0.3, 0.4) is 0 Å². The van der Waals surface area contributed by atoms with Gasteiger partial charge in [-0.3, -0.25) is 10.1 Å². The minimum atomic E-state index is -0.443. The second kappa shape index (κ2) is 7.64. The Morgan fingerprint density at radius 3 is 3.08 bits per heavy atom. The predicted molar refractivity (Wildman–Crippen MR) is 97.2 cm³/mol. The molecule has 1 saturated heterocycles. The SMILES string of the molecule is Cc1cc(/C=C(/C#N)C(=O)Nc2nccs2)c(C)n1CC1CCCO1. The number of thiazole rings is 1. The van der Waals surface area contributed by atoms with Crippen LogP contribution < -0.4 is 5.32 Å². The molecule has 7 heteroatoms. The molecule has 3 rings (SSSR count). The van der Waals surface area contributed by atoms with Gasteiger partial charge >= 0.3 is 0 Å². The number of nitriles is 1. The number of anilines is 1. The molecule has 130 valence electrons. The summed E-state index contributed by atoms with van der Waals surface area (Å²) >= 11 is 1.32. The molecule has 25 heavy (non-hydrogen) atoms. The highest BCUT2D eigenvalue weighted by molar-refractivity contribution is 7.13. The standard InChI is InChI=1S/C18H20N4O2S/c1-12-8-14(13(2)22(12)11-16-4-3-6-24-16)9-15(10-19)17(23)21-18-20-5-7-25-18/h5,7-9,16H,3-4,6,11H2,1-2H3,(H,20,21,23)/b15-9-. The van der Waals surface area contributed by atoms with E-state index in [1.807, 2.05) is 26.0 Å². The lowest BCUT2D eigenvalue weighted by atomic mass is 10.1. The average molecular weight is 356 g/mol. The molecule has 0 radical (unpaired) electrons. The van der Waals surface area contributed by atoms with Gasteiger partial charge in [0.2, 0.25) is 0 Å². The quantitative estimate of drug-likeness (QED) is 0.658. The number of hydrogen-bond donors (Lipinski definition) is 1. The minimum Gasteiger partial charge on any atom is -0.376 e. The number of carbonyl (C=O) groups excluding carboxylic acids is 1. The van der Waals surface area contributed by atoms with Crippen molar-refractivity contribution in [2.24, 2.45) is 0 Å². The van der Waals surface area contributed by atoms with Crippen LogP contribution in [0.1, 0.15) is 29.8 Å². The van der Waals surface area contributed by atoms with Gasteiger partial charge in [0.15, 0.2) is 5.13 Å². The number of nitrogens with one attached hydrogen (secondary N) is 1. The molecule has 3 heterocycles. The van der Waals surface area contributed by atoms with Crippen LogP contribution in [0.15, 0.2) is 23.2 Å². The van der Waals surface area contributed by atoms with E-state index in [4.69, 9.17) is 4.74 Å². The molecule has 1 atom stereocenters. The maximum Gasteiger partial charge on any atom is 0.268 e. The van der Waals surface area contributed by atoms with E-state index in [0.717, 1.165) is 42.9 Å². The molecule has 1 amide bonds. The number of nitrogens with zero attached hydrogens (tertiary/aromatic N) is 3. The Morgan fingerprint density at radius 2 is 2.44 bits per heavy atom. The van der Waals surface area contributed by atoms with Gasteiger partial charge in [0.25, 0.3) is 5.91 Å². The third kappa shape index (κ3) is 3.98. The molecule has 0 aliphatic carbocycles. The van der Waals surface area contributed by atoms with Crippen LogP contribution in [0.25, 0.3) is 6.08 Å². The Labute approximate surface area is 150 Å². The number of aromatic nitrogens is 2. The summed E-state index contributed by atoms with van der Waals surface area (Å²) in [5.74, 6) is -0.443. The van der Waals surface area contributed by atoms with Crippen LogP contribution in [0.2, 0.25) is 0 Å². The van der Waals surface area contributed by atoms with Crippen molar-refractivity contribution in [1.29, 1.82) is 5.26 Å². The summed E-state index contributed by atoms with van der Waals surface area (Å²) in [5.41, 5.74) is 3.06. The smallest absolute Gasteiger partial charge is 0.268 e. The number of amides is 1. The summed E-state index contributed by atoms with van der Waals surface area (Å²) in [6.45, 7) is 5.66. The maximum absolute atomic E-state index is 12.3. The highest BCUT2D eigenvalue weighted by Crippen LogP contribution is 2.22.